The van der Waals surface area contributed by atoms with Gasteiger partial charge in [-0.25, -0.2) is 4.79 Å². The maximum atomic E-state index is 10.8. The van der Waals surface area contributed by atoms with Gasteiger partial charge in [0.25, 0.3) is 5.69 Å². The summed E-state index contributed by atoms with van der Waals surface area (Å²) in [7, 11) is 1.37. The van der Waals surface area contributed by atoms with Crippen LogP contribution in [0.1, 0.15) is 20.7 Å². The van der Waals surface area contributed by atoms with Crippen LogP contribution in [0.4, 0.5) is 5.69 Å². The average molecular weight is 287 g/mol. The van der Waals surface area contributed by atoms with Crippen LogP contribution in [0.3, 0.4) is 0 Å². The second-order valence-corrected chi connectivity index (χ2v) is 3.79. The van der Waals surface area contributed by atoms with Gasteiger partial charge in [0.2, 0.25) is 0 Å². The molecule has 0 amide bonds. The molecule has 0 radical (unpaired) electrons. The van der Waals surface area contributed by atoms with E-state index in [1.165, 1.54) is 25.3 Å². The number of aldehydes is 1. The van der Waals surface area contributed by atoms with Gasteiger partial charge in [-0.1, -0.05) is 30.3 Å². The molecule has 0 fully saturated rings. The van der Waals surface area contributed by atoms with Gasteiger partial charge in [-0.2, -0.15) is 0 Å². The molecule has 0 spiro atoms. The van der Waals surface area contributed by atoms with E-state index in [2.05, 4.69) is 4.74 Å². The zero-order valence-corrected chi connectivity index (χ0v) is 11.3. The van der Waals surface area contributed by atoms with Gasteiger partial charge in [0.05, 0.1) is 23.2 Å². The van der Waals surface area contributed by atoms with Gasteiger partial charge in [0, 0.05) is 6.07 Å². The lowest BCUT2D eigenvalue weighted by molar-refractivity contribution is -0.385. The van der Waals surface area contributed by atoms with E-state index in [0.717, 1.165) is 0 Å². The smallest absolute Gasteiger partial charge is 0.337 e. The molecule has 0 atom stereocenters. The molecule has 2 aromatic carbocycles. The highest BCUT2D eigenvalue weighted by Gasteiger charge is 2.09. The van der Waals surface area contributed by atoms with E-state index in [4.69, 9.17) is 0 Å². The second-order valence-electron chi connectivity index (χ2n) is 3.79. The molecule has 0 heterocycles. The third-order valence-corrected chi connectivity index (χ3v) is 2.46. The Hall–Kier alpha value is -3.02. The summed E-state index contributed by atoms with van der Waals surface area (Å²) < 4.78 is 4.50. The van der Waals surface area contributed by atoms with Crippen LogP contribution in [0.2, 0.25) is 0 Å². The molecule has 6 heteroatoms. The van der Waals surface area contributed by atoms with Crippen molar-refractivity contribution >= 4 is 17.9 Å². The van der Waals surface area contributed by atoms with E-state index in [9.17, 15) is 19.7 Å². The minimum atomic E-state index is -0.580. The first kappa shape index (κ1) is 16.0. The largest absolute Gasteiger partial charge is 0.465 e. The Morgan fingerprint density at radius 2 is 1.67 bits per heavy atom. The zero-order chi connectivity index (χ0) is 15.7. The monoisotopic (exact) mass is 287 g/mol. The standard InChI is InChI=1S/C8H8O2.C7H5NO3/c1-10-8(9)7-5-3-2-4-6-7;9-5-6-3-1-2-4-7(6)8(10)11/h2-6H,1H3;1-5H. The summed E-state index contributed by atoms with van der Waals surface area (Å²) in [5, 5.41) is 10.2. The zero-order valence-electron chi connectivity index (χ0n) is 11.3. The van der Waals surface area contributed by atoms with E-state index < -0.39 is 4.92 Å². The van der Waals surface area contributed by atoms with Gasteiger partial charge in [-0.05, 0) is 18.2 Å². The van der Waals surface area contributed by atoms with E-state index >= 15 is 0 Å². The molecule has 0 N–H and O–H groups in total. The molecule has 0 aromatic heterocycles. The Morgan fingerprint density at radius 1 is 1.10 bits per heavy atom. The quantitative estimate of drug-likeness (QED) is 0.375. The van der Waals surface area contributed by atoms with Gasteiger partial charge >= 0.3 is 5.97 Å². The van der Waals surface area contributed by atoms with E-state index in [-0.39, 0.29) is 17.2 Å². The van der Waals surface area contributed by atoms with Gasteiger partial charge in [-0.3, -0.25) is 14.9 Å². The Morgan fingerprint density at radius 3 is 2.14 bits per heavy atom. The minimum absolute atomic E-state index is 0.109. The average Bonchev–Trinajstić information content (AvgIpc) is 2.55. The fourth-order valence-electron chi connectivity index (χ4n) is 1.45. The van der Waals surface area contributed by atoms with E-state index in [0.29, 0.717) is 11.8 Å². The normalized spacial score (nSPS) is 9.00. The fraction of sp³-hybridized carbons (Fsp3) is 0.0667. The lowest BCUT2D eigenvalue weighted by Gasteiger charge is -1.95. The third kappa shape index (κ3) is 4.87. The van der Waals surface area contributed by atoms with Gasteiger partial charge in [0.1, 0.15) is 0 Å². The molecule has 0 saturated carbocycles. The van der Waals surface area contributed by atoms with Crippen molar-refractivity contribution in [3.63, 3.8) is 0 Å². The third-order valence-electron chi connectivity index (χ3n) is 2.46. The second kappa shape index (κ2) is 8.21. The molecule has 0 unspecified atom stereocenters. The van der Waals surface area contributed by atoms with E-state index in [1.54, 1.807) is 30.3 Å². The maximum absolute atomic E-state index is 10.8. The number of hydrogen-bond donors (Lipinski definition) is 0. The molecule has 108 valence electrons. The summed E-state index contributed by atoms with van der Waals surface area (Å²) in [6, 6.07) is 14.7. The number of rotatable bonds is 3. The number of para-hydroxylation sites is 1. The number of nitro groups is 1. The molecule has 0 saturated heterocycles. The molecule has 2 aromatic rings. The van der Waals surface area contributed by atoms with Crippen molar-refractivity contribution in [3.05, 3.63) is 75.8 Å². The molecule has 6 nitrogen and oxygen atoms in total. The van der Waals surface area contributed by atoms with Gasteiger partial charge in [0.15, 0.2) is 6.29 Å². The van der Waals surface area contributed by atoms with Crippen molar-refractivity contribution in [2.24, 2.45) is 0 Å². The summed E-state index contributed by atoms with van der Waals surface area (Å²) >= 11 is 0. The highest BCUT2D eigenvalue weighted by Crippen LogP contribution is 2.14. The van der Waals surface area contributed by atoms with Crippen LogP contribution >= 0.6 is 0 Å². The number of benzene rings is 2. The Bertz CT molecular complexity index is 625. The van der Waals surface area contributed by atoms with Crippen molar-refractivity contribution in [1.29, 1.82) is 0 Å². The van der Waals surface area contributed by atoms with Crippen LogP contribution < -0.4 is 0 Å². The molecule has 21 heavy (non-hydrogen) atoms. The van der Waals surface area contributed by atoms with Gasteiger partial charge < -0.3 is 4.74 Å². The Balaban J connectivity index is 0.000000211. The number of esters is 1. The first-order valence-electron chi connectivity index (χ1n) is 5.92. The number of nitrogens with zero attached hydrogens (tertiary/aromatic N) is 1. The van der Waals surface area contributed by atoms with Crippen LogP contribution in [0.5, 0.6) is 0 Å². The van der Waals surface area contributed by atoms with Crippen molar-refractivity contribution in [1.82, 2.24) is 0 Å². The number of hydrogen-bond acceptors (Lipinski definition) is 5. The summed E-state index contributed by atoms with van der Waals surface area (Å²) in [4.78, 5) is 30.7. The predicted molar refractivity (Wildman–Crippen MR) is 76.3 cm³/mol. The van der Waals surface area contributed by atoms with Crippen LogP contribution in [0.15, 0.2) is 54.6 Å². The van der Waals surface area contributed by atoms with Crippen LogP contribution in [0, 0.1) is 10.1 Å². The number of ether oxygens (including phenoxy) is 1. The number of carbonyl (C=O) groups is 2. The summed E-state index contributed by atoms with van der Waals surface area (Å²) in [6.07, 6.45) is 0.470. The Kier molecular flexibility index (Phi) is 6.27. The molecular weight excluding hydrogens is 274 g/mol. The lowest BCUT2D eigenvalue weighted by Crippen LogP contribution is -1.99. The highest BCUT2D eigenvalue weighted by molar-refractivity contribution is 5.89. The molecule has 2 rings (SSSR count). The van der Waals surface area contributed by atoms with Crippen molar-refractivity contribution < 1.29 is 19.2 Å². The molecule has 0 bridgehead atoms. The van der Waals surface area contributed by atoms with Crippen LogP contribution in [0.25, 0.3) is 0 Å². The minimum Gasteiger partial charge on any atom is -0.465 e. The number of nitro benzene ring substituents is 1. The van der Waals surface area contributed by atoms with Crippen molar-refractivity contribution in [2.75, 3.05) is 7.11 Å². The maximum Gasteiger partial charge on any atom is 0.337 e. The first-order valence-corrected chi connectivity index (χ1v) is 5.92. The molecular formula is C15H13NO5. The summed E-state index contributed by atoms with van der Waals surface area (Å²) in [5.74, 6) is -0.291. The van der Waals surface area contributed by atoms with Crippen LogP contribution in [-0.4, -0.2) is 24.3 Å². The fourth-order valence-corrected chi connectivity index (χ4v) is 1.45. The summed E-state index contributed by atoms with van der Waals surface area (Å²) in [6.45, 7) is 0. The number of methoxy groups -OCH3 is 1. The number of carbonyl (C=O) groups excluding carboxylic acids is 2. The topological polar surface area (TPSA) is 86.5 Å². The van der Waals surface area contributed by atoms with E-state index in [1.807, 2.05) is 6.07 Å². The predicted octanol–water partition coefficient (Wildman–Crippen LogP) is 2.88. The lowest BCUT2D eigenvalue weighted by atomic mass is 10.2. The van der Waals surface area contributed by atoms with Crippen molar-refractivity contribution in [2.45, 2.75) is 0 Å². The highest BCUT2D eigenvalue weighted by atomic mass is 16.6. The SMILES string of the molecule is COC(=O)c1ccccc1.O=Cc1ccccc1[N+](=O)[O-]. The van der Waals surface area contributed by atoms with Gasteiger partial charge in [-0.15, -0.1) is 0 Å². The summed E-state index contributed by atoms with van der Waals surface area (Å²) in [5.41, 5.74) is 0.546. The van der Waals surface area contributed by atoms with Crippen LogP contribution in [-0.2, 0) is 4.74 Å². The first-order chi connectivity index (χ1) is 10.1. The molecule has 0 aliphatic carbocycles. The van der Waals surface area contributed by atoms with Crippen molar-refractivity contribution in [3.8, 4) is 0 Å². The Labute approximate surface area is 121 Å². The molecule has 0 aliphatic rings. The molecule has 0 aliphatic heterocycles.